The van der Waals surface area contributed by atoms with Crippen molar-refractivity contribution in [1.29, 1.82) is 0 Å². The van der Waals surface area contributed by atoms with Crippen molar-refractivity contribution in [2.75, 3.05) is 0 Å². The highest BCUT2D eigenvalue weighted by atomic mass is 32.2. The number of rotatable bonds is 4. The summed E-state index contributed by atoms with van der Waals surface area (Å²) >= 11 is 1.47. The standard InChI is InChI=1S/C17H18N6O2S/c1-9(2)13-18-14(25-21-13)10(3)26-17-20-19-16-22(4)15(24)11-7-5-6-8-12(11)23(16)17/h5-10H,1-4H3. The predicted molar refractivity (Wildman–Crippen MR) is 98.4 cm³/mol. The lowest BCUT2D eigenvalue weighted by Crippen LogP contribution is -2.20. The van der Waals surface area contributed by atoms with E-state index >= 15 is 0 Å². The van der Waals surface area contributed by atoms with Gasteiger partial charge in [0.25, 0.3) is 5.56 Å². The third-order valence-electron chi connectivity index (χ3n) is 4.20. The Labute approximate surface area is 153 Å². The van der Waals surface area contributed by atoms with Crippen molar-refractivity contribution < 1.29 is 4.52 Å². The highest BCUT2D eigenvalue weighted by Gasteiger charge is 2.21. The summed E-state index contributed by atoms with van der Waals surface area (Å²) in [6.45, 7) is 6.02. The molecule has 0 aliphatic carbocycles. The van der Waals surface area contributed by atoms with Gasteiger partial charge in [-0.15, -0.1) is 10.2 Å². The lowest BCUT2D eigenvalue weighted by molar-refractivity contribution is 0.373. The van der Waals surface area contributed by atoms with E-state index in [0.717, 1.165) is 5.52 Å². The summed E-state index contributed by atoms with van der Waals surface area (Å²) in [5, 5.41) is 13.7. The predicted octanol–water partition coefficient (Wildman–Crippen LogP) is 2.94. The van der Waals surface area contributed by atoms with Crippen LogP contribution < -0.4 is 5.56 Å². The Bertz CT molecular complexity index is 1160. The number of thioether (sulfide) groups is 1. The van der Waals surface area contributed by atoms with Crippen molar-refractivity contribution in [3.05, 3.63) is 46.3 Å². The van der Waals surface area contributed by atoms with Crippen LogP contribution in [0.25, 0.3) is 16.7 Å². The van der Waals surface area contributed by atoms with Crippen LogP contribution in [0.4, 0.5) is 0 Å². The molecular formula is C17H18N6O2S. The Morgan fingerprint density at radius 3 is 2.65 bits per heavy atom. The summed E-state index contributed by atoms with van der Waals surface area (Å²) in [7, 11) is 1.70. The Balaban J connectivity index is 1.81. The molecule has 0 aliphatic heterocycles. The number of fused-ring (bicyclic) bond motifs is 3. The van der Waals surface area contributed by atoms with Crippen LogP contribution in [0, 0.1) is 0 Å². The van der Waals surface area contributed by atoms with Crippen LogP contribution in [0.5, 0.6) is 0 Å². The van der Waals surface area contributed by atoms with E-state index in [-0.39, 0.29) is 16.7 Å². The van der Waals surface area contributed by atoms with Gasteiger partial charge in [0.05, 0.1) is 16.2 Å². The molecule has 0 saturated heterocycles. The van der Waals surface area contributed by atoms with Crippen molar-refractivity contribution in [2.45, 2.75) is 37.1 Å². The smallest absolute Gasteiger partial charge is 0.262 e. The van der Waals surface area contributed by atoms with E-state index in [1.54, 1.807) is 7.05 Å². The molecule has 0 aliphatic rings. The highest BCUT2D eigenvalue weighted by molar-refractivity contribution is 7.99. The molecule has 0 amide bonds. The monoisotopic (exact) mass is 370 g/mol. The summed E-state index contributed by atoms with van der Waals surface area (Å²) in [6, 6.07) is 7.44. The summed E-state index contributed by atoms with van der Waals surface area (Å²) in [5.41, 5.74) is 0.683. The van der Waals surface area contributed by atoms with Crippen LogP contribution in [-0.2, 0) is 7.05 Å². The number of hydrogen-bond acceptors (Lipinski definition) is 7. The van der Waals surface area contributed by atoms with Gasteiger partial charge in [-0.05, 0) is 19.1 Å². The number of hydrogen-bond donors (Lipinski definition) is 0. The van der Waals surface area contributed by atoms with E-state index < -0.39 is 0 Å². The molecule has 134 valence electrons. The van der Waals surface area contributed by atoms with Gasteiger partial charge in [-0.25, -0.2) is 0 Å². The minimum atomic E-state index is -0.0987. The lowest BCUT2D eigenvalue weighted by atomic mass is 10.2. The van der Waals surface area contributed by atoms with Crippen molar-refractivity contribution in [3.63, 3.8) is 0 Å². The zero-order chi connectivity index (χ0) is 18.4. The van der Waals surface area contributed by atoms with Crippen LogP contribution in [-0.4, -0.2) is 29.3 Å². The van der Waals surface area contributed by atoms with Crippen LogP contribution in [0.2, 0.25) is 0 Å². The fourth-order valence-electron chi connectivity index (χ4n) is 2.74. The Kier molecular flexibility index (Phi) is 4.03. The van der Waals surface area contributed by atoms with E-state index in [0.29, 0.717) is 28.0 Å². The Hall–Kier alpha value is -2.68. The quantitative estimate of drug-likeness (QED) is 0.510. The molecule has 8 nitrogen and oxygen atoms in total. The molecule has 26 heavy (non-hydrogen) atoms. The summed E-state index contributed by atoms with van der Waals surface area (Å²) < 4.78 is 8.78. The molecule has 0 N–H and O–H groups in total. The summed E-state index contributed by atoms with van der Waals surface area (Å²) in [5.74, 6) is 1.94. The molecule has 9 heteroatoms. The second-order valence-electron chi connectivity index (χ2n) is 6.40. The second kappa shape index (κ2) is 6.24. The molecule has 0 fully saturated rings. The number of benzene rings is 1. The molecule has 3 heterocycles. The molecular weight excluding hydrogens is 352 g/mol. The maximum Gasteiger partial charge on any atom is 0.262 e. The maximum atomic E-state index is 12.5. The van der Waals surface area contributed by atoms with Crippen LogP contribution in [0.1, 0.15) is 43.7 Å². The minimum absolute atomic E-state index is 0.0939. The van der Waals surface area contributed by atoms with Gasteiger partial charge in [0.1, 0.15) is 0 Å². The molecule has 1 aromatic carbocycles. The SMILES string of the molecule is CC(C)c1noc(C(C)Sc2nnc3n(C)c(=O)c4ccccc4n23)n1. The zero-order valence-corrected chi connectivity index (χ0v) is 15.7. The average molecular weight is 370 g/mol. The van der Waals surface area contributed by atoms with Gasteiger partial charge in [0, 0.05) is 13.0 Å². The summed E-state index contributed by atoms with van der Waals surface area (Å²) in [4.78, 5) is 17.0. The van der Waals surface area contributed by atoms with Gasteiger partial charge in [0.2, 0.25) is 11.7 Å². The number of para-hydroxylation sites is 1. The summed E-state index contributed by atoms with van der Waals surface area (Å²) in [6.07, 6.45) is 0. The van der Waals surface area contributed by atoms with E-state index in [9.17, 15) is 4.79 Å². The van der Waals surface area contributed by atoms with Gasteiger partial charge >= 0.3 is 0 Å². The second-order valence-corrected chi connectivity index (χ2v) is 7.71. The number of nitrogens with zero attached hydrogens (tertiary/aromatic N) is 6. The largest absolute Gasteiger partial charge is 0.338 e. The van der Waals surface area contributed by atoms with Gasteiger partial charge in [0.15, 0.2) is 11.0 Å². The minimum Gasteiger partial charge on any atom is -0.338 e. The van der Waals surface area contributed by atoms with E-state index in [1.165, 1.54) is 16.3 Å². The first-order chi connectivity index (χ1) is 12.5. The molecule has 3 aromatic heterocycles. The van der Waals surface area contributed by atoms with Crippen molar-refractivity contribution in [1.82, 2.24) is 29.3 Å². The average Bonchev–Trinajstić information content (AvgIpc) is 3.27. The molecule has 4 aromatic rings. The third-order valence-corrected chi connectivity index (χ3v) is 5.23. The van der Waals surface area contributed by atoms with Crippen LogP contribution in [0.15, 0.2) is 38.7 Å². The van der Waals surface area contributed by atoms with Crippen molar-refractivity contribution >= 4 is 28.4 Å². The third kappa shape index (κ3) is 2.59. The molecule has 0 saturated carbocycles. The normalized spacial score (nSPS) is 13.1. The van der Waals surface area contributed by atoms with E-state index in [4.69, 9.17) is 4.52 Å². The maximum absolute atomic E-state index is 12.5. The van der Waals surface area contributed by atoms with Gasteiger partial charge < -0.3 is 4.52 Å². The molecule has 1 unspecified atom stereocenters. The van der Waals surface area contributed by atoms with E-state index in [1.807, 2.05) is 49.4 Å². The van der Waals surface area contributed by atoms with Crippen LogP contribution in [0.3, 0.4) is 0 Å². The van der Waals surface area contributed by atoms with Gasteiger partial charge in [-0.2, -0.15) is 4.98 Å². The van der Waals surface area contributed by atoms with Gasteiger partial charge in [-0.3, -0.25) is 13.8 Å². The van der Waals surface area contributed by atoms with Crippen LogP contribution >= 0.6 is 11.8 Å². The topological polar surface area (TPSA) is 91.1 Å². The first kappa shape index (κ1) is 16.8. The van der Waals surface area contributed by atoms with Gasteiger partial charge in [-0.1, -0.05) is 42.9 Å². The highest BCUT2D eigenvalue weighted by Crippen LogP contribution is 2.34. The first-order valence-electron chi connectivity index (χ1n) is 8.30. The van der Waals surface area contributed by atoms with Crippen molar-refractivity contribution in [3.8, 4) is 0 Å². The fourth-order valence-corrected chi connectivity index (χ4v) is 3.63. The molecule has 1 atom stereocenters. The Morgan fingerprint density at radius 1 is 1.15 bits per heavy atom. The molecule has 0 spiro atoms. The Morgan fingerprint density at radius 2 is 1.92 bits per heavy atom. The molecule has 0 radical (unpaired) electrons. The molecule has 0 bridgehead atoms. The first-order valence-corrected chi connectivity index (χ1v) is 9.18. The number of aryl methyl sites for hydroxylation is 1. The number of aromatic nitrogens is 6. The molecule has 4 rings (SSSR count). The zero-order valence-electron chi connectivity index (χ0n) is 14.9. The van der Waals surface area contributed by atoms with E-state index in [2.05, 4.69) is 20.3 Å². The fraction of sp³-hybridized carbons (Fsp3) is 0.353. The lowest BCUT2D eigenvalue weighted by Gasteiger charge is -2.09. The van der Waals surface area contributed by atoms with Crippen molar-refractivity contribution in [2.24, 2.45) is 7.05 Å².